The minimum Gasteiger partial charge on any atom is -0.393 e. The molecule has 4 nitrogen and oxygen atoms in total. The van der Waals surface area contributed by atoms with E-state index in [2.05, 4.69) is 31.0 Å². The molecule has 128 valence electrons. The van der Waals surface area contributed by atoms with Gasteiger partial charge in [-0.15, -0.1) is 0 Å². The maximum absolute atomic E-state index is 12.4. The average Bonchev–Trinajstić information content (AvgIpc) is 2.43. The van der Waals surface area contributed by atoms with Crippen LogP contribution in [0.3, 0.4) is 0 Å². The Kier molecular flexibility index (Phi) is 6.27. The zero-order chi connectivity index (χ0) is 16.2. The Hall–Kier alpha value is -0.610. The number of hydrogen-bond donors (Lipinski definition) is 2. The van der Waals surface area contributed by atoms with Gasteiger partial charge in [-0.3, -0.25) is 4.79 Å². The van der Waals surface area contributed by atoms with Crippen LogP contribution in [-0.2, 0) is 4.79 Å². The summed E-state index contributed by atoms with van der Waals surface area (Å²) in [6.45, 7) is 10.6. The van der Waals surface area contributed by atoms with E-state index in [1.807, 2.05) is 0 Å². The van der Waals surface area contributed by atoms with E-state index in [1.165, 1.54) is 6.42 Å². The Balaban J connectivity index is 1.63. The van der Waals surface area contributed by atoms with Crippen molar-refractivity contribution in [3.05, 3.63) is 0 Å². The maximum Gasteiger partial charge on any atom is 0.223 e. The SMILES string of the molecule is CC1CC(C(=O)NCCCN2CCC(O)CC2)CC(C)(C)C1. The molecule has 1 aliphatic heterocycles. The van der Waals surface area contributed by atoms with Crippen LogP contribution < -0.4 is 5.32 Å². The van der Waals surface area contributed by atoms with Gasteiger partial charge in [-0.1, -0.05) is 20.8 Å². The van der Waals surface area contributed by atoms with Crippen molar-refractivity contribution < 1.29 is 9.90 Å². The summed E-state index contributed by atoms with van der Waals surface area (Å²) in [5.74, 6) is 1.11. The lowest BCUT2D eigenvalue weighted by Gasteiger charge is -2.38. The molecule has 2 atom stereocenters. The standard InChI is InChI=1S/C18H34N2O2/c1-14-11-15(13-18(2,3)12-14)17(22)19-7-4-8-20-9-5-16(21)6-10-20/h14-16,21H,4-13H2,1-3H3,(H,19,22). The molecule has 2 aliphatic rings. The fourth-order valence-corrected chi connectivity index (χ4v) is 4.35. The van der Waals surface area contributed by atoms with Gasteiger partial charge in [-0.05, 0) is 56.4 Å². The summed E-state index contributed by atoms with van der Waals surface area (Å²) in [4.78, 5) is 14.8. The topological polar surface area (TPSA) is 52.6 Å². The van der Waals surface area contributed by atoms with E-state index < -0.39 is 0 Å². The average molecular weight is 310 g/mol. The largest absolute Gasteiger partial charge is 0.393 e. The number of carbonyl (C=O) groups is 1. The molecule has 2 unspecified atom stereocenters. The summed E-state index contributed by atoms with van der Waals surface area (Å²) in [7, 11) is 0. The molecule has 1 saturated carbocycles. The number of likely N-dealkylation sites (tertiary alicyclic amines) is 1. The number of carbonyl (C=O) groups excluding carboxylic acids is 1. The van der Waals surface area contributed by atoms with E-state index in [-0.39, 0.29) is 17.9 Å². The van der Waals surface area contributed by atoms with Crippen LogP contribution in [0.2, 0.25) is 0 Å². The number of aliphatic hydroxyl groups excluding tert-OH is 1. The zero-order valence-corrected chi connectivity index (χ0v) is 14.6. The number of piperidine rings is 1. The first-order chi connectivity index (χ1) is 10.4. The summed E-state index contributed by atoms with van der Waals surface area (Å²) >= 11 is 0. The van der Waals surface area contributed by atoms with Crippen molar-refractivity contribution >= 4 is 5.91 Å². The molecule has 0 aromatic carbocycles. The van der Waals surface area contributed by atoms with Crippen molar-refractivity contribution in [2.75, 3.05) is 26.2 Å². The van der Waals surface area contributed by atoms with Gasteiger partial charge in [0, 0.05) is 25.6 Å². The van der Waals surface area contributed by atoms with Crippen molar-refractivity contribution in [1.82, 2.24) is 10.2 Å². The molecule has 22 heavy (non-hydrogen) atoms. The first-order valence-corrected chi connectivity index (χ1v) is 9.04. The lowest BCUT2D eigenvalue weighted by Crippen LogP contribution is -2.40. The minimum absolute atomic E-state index is 0.104. The number of hydrogen-bond acceptors (Lipinski definition) is 3. The van der Waals surface area contributed by atoms with Gasteiger partial charge in [0.05, 0.1) is 6.10 Å². The second-order valence-corrected chi connectivity index (χ2v) is 8.33. The molecule has 0 aromatic rings. The van der Waals surface area contributed by atoms with Crippen molar-refractivity contribution in [2.45, 2.75) is 65.4 Å². The highest BCUT2D eigenvalue weighted by molar-refractivity contribution is 5.78. The Morgan fingerprint density at radius 3 is 2.59 bits per heavy atom. The minimum atomic E-state index is -0.104. The Morgan fingerprint density at radius 1 is 1.27 bits per heavy atom. The molecule has 0 aromatic heterocycles. The molecule has 2 rings (SSSR count). The number of amides is 1. The fraction of sp³-hybridized carbons (Fsp3) is 0.944. The third kappa shape index (κ3) is 5.54. The zero-order valence-electron chi connectivity index (χ0n) is 14.6. The van der Waals surface area contributed by atoms with Gasteiger partial charge < -0.3 is 15.3 Å². The highest BCUT2D eigenvalue weighted by Gasteiger charge is 2.35. The van der Waals surface area contributed by atoms with E-state index in [4.69, 9.17) is 0 Å². The van der Waals surface area contributed by atoms with Crippen LogP contribution in [0.4, 0.5) is 0 Å². The van der Waals surface area contributed by atoms with Crippen molar-refractivity contribution in [3.63, 3.8) is 0 Å². The first-order valence-electron chi connectivity index (χ1n) is 9.04. The third-order valence-corrected chi connectivity index (χ3v) is 5.27. The number of rotatable bonds is 5. The van der Waals surface area contributed by atoms with Crippen LogP contribution in [0, 0.1) is 17.3 Å². The molecule has 0 radical (unpaired) electrons. The summed E-state index contributed by atoms with van der Waals surface area (Å²) < 4.78 is 0. The van der Waals surface area contributed by atoms with E-state index in [1.54, 1.807) is 0 Å². The highest BCUT2D eigenvalue weighted by atomic mass is 16.3. The Morgan fingerprint density at radius 2 is 1.95 bits per heavy atom. The lowest BCUT2D eigenvalue weighted by atomic mass is 9.68. The van der Waals surface area contributed by atoms with E-state index in [9.17, 15) is 9.90 Å². The van der Waals surface area contributed by atoms with Crippen LogP contribution in [-0.4, -0.2) is 48.2 Å². The molecular formula is C18H34N2O2. The van der Waals surface area contributed by atoms with Crippen LogP contribution in [0.1, 0.15) is 59.3 Å². The van der Waals surface area contributed by atoms with Gasteiger partial charge in [-0.25, -0.2) is 0 Å². The summed E-state index contributed by atoms with van der Waals surface area (Å²) in [6.07, 6.45) is 5.98. The van der Waals surface area contributed by atoms with E-state index in [0.717, 1.165) is 58.3 Å². The number of nitrogens with one attached hydrogen (secondary N) is 1. The Labute approximate surface area is 135 Å². The molecule has 4 heteroatoms. The molecule has 1 aliphatic carbocycles. The lowest BCUT2D eigenvalue weighted by molar-refractivity contribution is -0.128. The van der Waals surface area contributed by atoms with Gasteiger partial charge >= 0.3 is 0 Å². The molecule has 0 spiro atoms. The predicted octanol–water partition coefficient (Wildman–Crippen LogP) is 2.41. The normalized spacial score (nSPS) is 30.2. The van der Waals surface area contributed by atoms with Gasteiger partial charge in [0.15, 0.2) is 0 Å². The molecule has 2 fully saturated rings. The second kappa shape index (κ2) is 7.78. The molecule has 2 N–H and O–H groups in total. The van der Waals surface area contributed by atoms with Crippen LogP contribution >= 0.6 is 0 Å². The van der Waals surface area contributed by atoms with Crippen molar-refractivity contribution in [1.29, 1.82) is 0 Å². The Bertz CT molecular complexity index is 362. The first kappa shape index (κ1) is 17.7. The van der Waals surface area contributed by atoms with E-state index in [0.29, 0.717) is 11.3 Å². The monoisotopic (exact) mass is 310 g/mol. The summed E-state index contributed by atoms with van der Waals surface area (Å²) in [5.41, 5.74) is 0.300. The predicted molar refractivity (Wildman–Crippen MR) is 89.6 cm³/mol. The van der Waals surface area contributed by atoms with Gasteiger partial charge in [0.2, 0.25) is 5.91 Å². The third-order valence-electron chi connectivity index (χ3n) is 5.27. The maximum atomic E-state index is 12.4. The smallest absolute Gasteiger partial charge is 0.223 e. The van der Waals surface area contributed by atoms with Gasteiger partial charge in [-0.2, -0.15) is 0 Å². The van der Waals surface area contributed by atoms with E-state index >= 15 is 0 Å². The van der Waals surface area contributed by atoms with Crippen molar-refractivity contribution in [2.24, 2.45) is 17.3 Å². The molecule has 0 bridgehead atoms. The van der Waals surface area contributed by atoms with Crippen LogP contribution in [0.15, 0.2) is 0 Å². The summed E-state index contributed by atoms with van der Waals surface area (Å²) in [6, 6.07) is 0. The fourth-order valence-electron chi connectivity index (χ4n) is 4.35. The summed E-state index contributed by atoms with van der Waals surface area (Å²) in [5, 5.41) is 12.6. The molecule has 1 heterocycles. The number of nitrogens with zero attached hydrogens (tertiary/aromatic N) is 1. The number of aliphatic hydroxyl groups is 1. The highest BCUT2D eigenvalue weighted by Crippen LogP contribution is 2.41. The molecular weight excluding hydrogens is 276 g/mol. The van der Waals surface area contributed by atoms with Crippen LogP contribution in [0.25, 0.3) is 0 Å². The van der Waals surface area contributed by atoms with Gasteiger partial charge in [0.25, 0.3) is 0 Å². The second-order valence-electron chi connectivity index (χ2n) is 8.33. The van der Waals surface area contributed by atoms with Gasteiger partial charge in [0.1, 0.15) is 0 Å². The molecule has 1 saturated heterocycles. The molecule has 1 amide bonds. The quantitative estimate of drug-likeness (QED) is 0.767. The van der Waals surface area contributed by atoms with Crippen molar-refractivity contribution in [3.8, 4) is 0 Å². The van der Waals surface area contributed by atoms with Crippen LogP contribution in [0.5, 0.6) is 0 Å².